The fourth-order valence-electron chi connectivity index (χ4n) is 2.73. The maximum Gasteiger partial charge on any atom is 0.253 e. The molecule has 2 aromatic heterocycles. The summed E-state index contributed by atoms with van der Waals surface area (Å²) >= 11 is 0. The lowest BCUT2D eigenvalue weighted by Gasteiger charge is -2.32. The molecule has 0 aromatic carbocycles. The number of nitrogens with one attached hydrogen (secondary N) is 1. The second kappa shape index (κ2) is 7.09. The van der Waals surface area contributed by atoms with E-state index in [1.165, 1.54) is 0 Å². The summed E-state index contributed by atoms with van der Waals surface area (Å²) < 4.78 is 5.20. The summed E-state index contributed by atoms with van der Waals surface area (Å²) in [7, 11) is 1.64. The van der Waals surface area contributed by atoms with Crippen molar-refractivity contribution in [1.29, 1.82) is 0 Å². The highest BCUT2D eigenvalue weighted by atomic mass is 16.5. The molecule has 2 aromatic rings. The fourth-order valence-corrected chi connectivity index (χ4v) is 2.73. The summed E-state index contributed by atoms with van der Waals surface area (Å²) in [6.07, 6.45) is 6.82. The van der Waals surface area contributed by atoms with E-state index in [9.17, 15) is 4.79 Å². The number of amides is 1. The van der Waals surface area contributed by atoms with Gasteiger partial charge in [-0.1, -0.05) is 0 Å². The Hall–Kier alpha value is -2.63. The van der Waals surface area contributed by atoms with Crippen LogP contribution < -0.4 is 10.1 Å². The Balaban J connectivity index is 1.55. The van der Waals surface area contributed by atoms with E-state index in [-0.39, 0.29) is 5.91 Å². The molecule has 0 saturated carbocycles. The number of anilines is 1. The van der Waals surface area contributed by atoms with Gasteiger partial charge >= 0.3 is 0 Å². The van der Waals surface area contributed by atoms with Crippen LogP contribution in [-0.4, -0.2) is 47.0 Å². The van der Waals surface area contributed by atoms with E-state index in [1.807, 2.05) is 17.0 Å². The van der Waals surface area contributed by atoms with Gasteiger partial charge in [-0.2, -0.15) is 0 Å². The first-order valence-electron chi connectivity index (χ1n) is 7.72. The first kappa shape index (κ1) is 15.3. The lowest BCUT2D eigenvalue weighted by Crippen LogP contribution is -2.42. The summed E-state index contributed by atoms with van der Waals surface area (Å²) in [5, 5.41) is 3.42. The van der Waals surface area contributed by atoms with Crippen LogP contribution in [0.15, 0.2) is 42.9 Å². The van der Waals surface area contributed by atoms with Crippen LogP contribution in [0.4, 0.5) is 5.82 Å². The molecular formula is C17H20N4O2. The van der Waals surface area contributed by atoms with Gasteiger partial charge in [0.25, 0.3) is 5.91 Å². The molecule has 6 heteroatoms. The molecule has 1 N–H and O–H groups in total. The zero-order valence-electron chi connectivity index (χ0n) is 13.1. The Labute approximate surface area is 135 Å². The minimum atomic E-state index is 0.0744. The van der Waals surface area contributed by atoms with Crippen LogP contribution in [0.1, 0.15) is 23.2 Å². The first-order valence-corrected chi connectivity index (χ1v) is 7.72. The molecule has 1 aliphatic heterocycles. The molecule has 0 atom stereocenters. The number of pyridine rings is 2. The predicted molar refractivity (Wildman–Crippen MR) is 87.6 cm³/mol. The molecular weight excluding hydrogens is 292 g/mol. The van der Waals surface area contributed by atoms with Crippen molar-refractivity contribution in [3.63, 3.8) is 0 Å². The molecule has 0 spiro atoms. The van der Waals surface area contributed by atoms with E-state index in [2.05, 4.69) is 15.3 Å². The van der Waals surface area contributed by atoms with Gasteiger partial charge in [-0.3, -0.25) is 9.78 Å². The van der Waals surface area contributed by atoms with Crippen LogP contribution in [0.3, 0.4) is 0 Å². The largest absolute Gasteiger partial charge is 0.497 e. The Morgan fingerprint density at radius 1 is 1.22 bits per heavy atom. The number of hydrogen-bond acceptors (Lipinski definition) is 5. The molecule has 0 radical (unpaired) electrons. The van der Waals surface area contributed by atoms with Crippen molar-refractivity contribution in [2.75, 3.05) is 25.5 Å². The standard InChI is InChI=1S/C17H20N4O2/c1-23-15-4-9-19-16(12-15)20-14-5-10-21(11-6-14)17(22)13-2-7-18-8-3-13/h2-4,7-9,12,14H,5-6,10-11H2,1H3,(H,19,20). The van der Waals surface area contributed by atoms with E-state index in [0.717, 1.165) is 37.5 Å². The van der Waals surface area contributed by atoms with E-state index in [4.69, 9.17) is 4.74 Å². The van der Waals surface area contributed by atoms with Crippen molar-refractivity contribution in [3.8, 4) is 5.75 Å². The van der Waals surface area contributed by atoms with Crippen LogP contribution in [0, 0.1) is 0 Å². The molecule has 120 valence electrons. The highest BCUT2D eigenvalue weighted by Crippen LogP contribution is 2.19. The number of nitrogens with zero attached hydrogens (tertiary/aromatic N) is 3. The number of carbonyl (C=O) groups is 1. The van der Waals surface area contributed by atoms with Crippen molar-refractivity contribution in [1.82, 2.24) is 14.9 Å². The quantitative estimate of drug-likeness (QED) is 0.937. The molecule has 0 aliphatic carbocycles. The zero-order chi connectivity index (χ0) is 16.1. The second-order valence-electron chi connectivity index (χ2n) is 5.53. The Bertz CT molecular complexity index is 655. The van der Waals surface area contributed by atoms with Crippen LogP contribution in [0.25, 0.3) is 0 Å². The summed E-state index contributed by atoms with van der Waals surface area (Å²) in [6, 6.07) is 7.53. The van der Waals surface area contributed by atoms with Crippen molar-refractivity contribution >= 4 is 11.7 Å². The number of likely N-dealkylation sites (tertiary alicyclic amines) is 1. The zero-order valence-corrected chi connectivity index (χ0v) is 13.1. The maximum absolute atomic E-state index is 12.4. The third-order valence-corrected chi connectivity index (χ3v) is 4.03. The molecule has 6 nitrogen and oxygen atoms in total. The number of carbonyl (C=O) groups excluding carboxylic acids is 1. The molecule has 3 rings (SSSR count). The van der Waals surface area contributed by atoms with Gasteiger partial charge in [-0.25, -0.2) is 4.98 Å². The minimum Gasteiger partial charge on any atom is -0.497 e. The summed E-state index contributed by atoms with van der Waals surface area (Å²) in [6.45, 7) is 1.48. The number of ether oxygens (including phenoxy) is 1. The van der Waals surface area contributed by atoms with Gasteiger partial charge in [0.05, 0.1) is 7.11 Å². The molecule has 3 heterocycles. The molecule has 23 heavy (non-hydrogen) atoms. The van der Waals surface area contributed by atoms with Crippen molar-refractivity contribution < 1.29 is 9.53 Å². The maximum atomic E-state index is 12.4. The van der Waals surface area contributed by atoms with Crippen LogP contribution in [0.5, 0.6) is 5.75 Å². The van der Waals surface area contributed by atoms with Crippen molar-refractivity contribution in [2.45, 2.75) is 18.9 Å². The minimum absolute atomic E-state index is 0.0744. The van der Waals surface area contributed by atoms with Crippen LogP contribution in [0.2, 0.25) is 0 Å². The summed E-state index contributed by atoms with van der Waals surface area (Å²) in [4.78, 5) is 22.5. The Morgan fingerprint density at radius 3 is 2.65 bits per heavy atom. The third kappa shape index (κ3) is 3.77. The lowest BCUT2D eigenvalue weighted by molar-refractivity contribution is 0.0718. The van der Waals surface area contributed by atoms with Gasteiger partial charge in [-0.05, 0) is 31.0 Å². The average Bonchev–Trinajstić information content (AvgIpc) is 2.63. The average molecular weight is 312 g/mol. The van der Waals surface area contributed by atoms with Crippen molar-refractivity contribution in [2.24, 2.45) is 0 Å². The second-order valence-corrected chi connectivity index (χ2v) is 5.53. The van der Waals surface area contributed by atoms with Gasteiger partial charge in [0.2, 0.25) is 0 Å². The Kier molecular flexibility index (Phi) is 4.71. The number of hydrogen-bond donors (Lipinski definition) is 1. The van der Waals surface area contributed by atoms with Crippen LogP contribution in [-0.2, 0) is 0 Å². The van der Waals surface area contributed by atoms with Gasteiger partial charge in [0.15, 0.2) is 0 Å². The smallest absolute Gasteiger partial charge is 0.253 e. The van der Waals surface area contributed by atoms with E-state index in [1.54, 1.807) is 37.8 Å². The molecule has 1 saturated heterocycles. The van der Waals surface area contributed by atoms with E-state index < -0.39 is 0 Å². The van der Waals surface area contributed by atoms with E-state index >= 15 is 0 Å². The van der Waals surface area contributed by atoms with Gasteiger partial charge in [-0.15, -0.1) is 0 Å². The number of piperidine rings is 1. The molecule has 1 aliphatic rings. The Morgan fingerprint density at radius 2 is 1.96 bits per heavy atom. The summed E-state index contributed by atoms with van der Waals surface area (Å²) in [5.74, 6) is 1.67. The lowest BCUT2D eigenvalue weighted by atomic mass is 10.0. The molecule has 1 amide bonds. The van der Waals surface area contributed by atoms with Gasteiger partial charge in [0.1, 0.15) is 11.6 Å². The highest BCUT2D eigenvalue weighted by Gasteiger charge is 2.23. The predicted octanol–water partition coefficient (Wildman–Crippen LogP) is 2.20. The third-order valence-electron chi connectivity index (χ3n) is 4.03. The van der Waals surface area contributed by atoms with Crippen LogP contribution >= 0.6 is 0 Å². The molecule has 0 unspecified atom stereocenters. The monoisotopic (exact) mass is 312 g/mol. The SMILES string of the molecule is COc1ccnc(NC2CCN(C(=O)c3ccncc3)CC2)c1. The van der Waals surface area contributed by atoms with Gasteiger partial charge < -0.3 is 15.0 Å². The van der Waals surface area contributed by atoms with Crippen molar-refractivity contribution in [3.05, 3.63) is 48.4 Å². The topological polar surface area (TPSA) is 67.3 Å². The fraction of sp³-hybridized carbons (Fsp3) is 0.353. The van der Waals surface area contributed by atoms with Gasteiger partial charge in [0, 0.05) is 49.4 Å². The number of aromatic nitrogens is 2. The number of rotatable bonds is 4. The summed E-state index contributed by atoms with van der Waals surface area (Å²) in [5.41, 5.74) is 0.695. The highest BCUT2D eigenvalue weighted by molar-refractivity contribution is 5.94. The molecule has 1 fully saturated rings. The number of methoxy groups -OCH3 is 1. The first-order chi connectivity index (χ1) is 11.3. The normalized spacial score (nSPS) is 15.3. The molecule has 0 bridgehead atoms. The van der Waals surface area contributed by atoms with E-state index in [0.29, 0.717) is 11.6 Å².